The van der Waals surface area contributed by atoms with Gasteiger partial charge in [-0.05, 0) is 12.8 Å². The van der Waals surface area contributed by atoms with Crippen molar-refractivity contribution in [1.82, 2.24) is 0 Å². The highest BCUT2D eigenvalue weighted by Gasteiger charge is 2.18. The van der Waals surface area contributed by atoms with Gasteiger partial charge in [0.15, 0.2) is 0 Å². The van der Waals surface area contributed by atoms with Gasteiger partial charge in [0.05, 0.1) is 5.92 Å². The van der Waals surface area contributed by atoms with Crippen LogP contribution in [0.2, 0.25) is 0 Å². The molecule has 0 saturated carbocycles. The molecule has 3 heteroatoms. The summed E-state index contributed by atoms with van der Waals surface area (Å²) in [6.07, 6.45) is 14.2. The molecular formula is C16H33NO2. The minimum Gasteiger partial charge on any atom is -0.373 e. The summed E-state index contributed by atoms with van der Waals surface area (Å²) in [5.74, 6) is 4.83. The monoisotopic (exact) mass is 271 g/mol. The number of rotatable bonds is 13. The molecule has 0 bridgehead atoms. The normalized spacial score (nSPS) is 12.4. The summed E-state index contributed by atoms with van der Waals surface area (Å²) in [5.41, 5.74) is 0. The van der Waals surface area contributed by atoms with Crippen molar-refractivity contribution < 1.29 is 9.63 Å². The Labute approximate surface area is 119 Å². The average molecular weight is 271 g/mol. The zero-order chi connectivity index (χ0) is 14.3. The molecule has 0 aliphatic carbocycles. The first-order chi connectivity index (χ1) is 9.26. The summed E-state index contributed by atoms with van der Waals surface area (Å²) in [5, 5.41) is 0. The fourth-order valence-corrected chi connectivity index (χ4v) is 2.46. The Bertz CT molecular complexity index is 207. The Morgan fingerprint density at radius 3 is 1.74 bits per heavy atom. The maximum Gasteiger partial charge on any atom is 0.327 e. The Balaban J connectivity index is 3.71. The number of nitrogens with two attached hydrogens (primary N) is 1. The smallest absolute Gasteiger partial charge is 0.327 e. The molecule has 0 spiro atoms. The molecule has 0 radical (unpaired) electrons. The van der Waals surface area contributed by atoms with Gasteiger partial charge < -0.3 is 4.84 Å². The summed E-state index contributed by atoms with van der Waals surface area (Å²) in [4.78, 5) is 16.0. The highest BCUT2D eigenvalue weighted by molar-refractivity contribution is 5.71. The summed E-state index contributed by atoms with van der Waals surface area (Å²) in [6.45, 7) is 4.42. The number of hydrogen-bond donors (Lipinski definition) is 1. The van der Waals surface area contributed by atoms with Gasteiger partial charge in [-0.25, -0.2) is 0 Å². The lowest BCUT2D eigenvalue weighted by molar-refractivity contribution is -0.149. The van der Waals surface area contributed by atoms with Crippen LogP contribution in [0, 0.1) is 5.92 Å². The zero-order valence-corrected chi connectivity index (χ0v) is 13.0. The molecule has 2 N–H and O–H groups in total. The molecule has 114 valence electrons. The zero-order valence-electron chi connectivity index (χ0n) is 13.0. The maximum atomic E-state index is 11.6. The predicted molar refractivity (Wildman–Crippen MR) is 80.5 cm³/mol. The molecular weight excluding hydrogens is 238 g/mol. The van der Waals surface area contributed by atoms with Gasteiger partial charge in [0.25, 0.3) is 0 Å². The SMILES string of the molecule is CCCCCCCCC(CCCCCC)C(=O)ON. The van der Waals surface area contributed by atoms with E-state index in [1.807, 2.05) is 0 Å². The summed E-state index contributed by atoms with van der Waals surface area (Å²) >= 11 is 0. The van der Waals surface area contributed by atoms with Crippen molar-refractivity contribution in [2.45, 2.75) is 90.9 Å². The van der Waals surface area contributed by atoms with Gasteiger partial charge >= 0.3 is 5.97 Å². The minimum absolute atomic E-state index is 0.0213. The van der Waals surface area contributed by atoms with E-state index < -0.39 is 0 Å². The summed E-state index contributed by atoms with van der Waals surface area (Å²) < 4.78 is 0. The molecule has 0 saturated heterocycles. The molecule has 0 aliphatic rings. The van der Waals surface area contributed by atoms with Gasteiger partial charge in [-0.1, -0.05) is 78.1 Å². The maximum absolute atomic E-state index is 11.6. The predicted octanol–water partition coefficient (Wildman–Crippen LogP) is 4.74. The lowest BCUT2D eigenvalue weighted by Crippen LogP contribution is -2.21. The third-order valence-corrected chi connectivity index (χ3v) is 3.76. The fraction of sp³-hybridized carbons (Fsp3) is 0.938. The highest BCUT2D eigenvalue weighted by atomic mass is 16.7. The van der Waals surface area contributed by atoms with Gasteiger partial charge in [-0.3, -0.25) is 4.79 Å². The average Bonchev–Trinajstić information content (AvgIpc) is 2.44. The summed E-state index contributed by atoms with van der Waals surface area (Å²) in [7, 11) is 0. The van der Waals surface area contributed by atoms with Crippen molar-refractivity contribution in [3.05, 3.63) is 0 Å². The minimum atomic E-state index is -0.218. The number of unbranched alkanes of at least 4 members (excludes halogenated alkanes) is 8. The van der Waals surface area contributed by atoms with Crippen LogP contribution in [0.1, 0.15) is 90.9 Å². The van der Waals surface area contributed by atoms with Crippen molar-refractivity contribution in [2.24, 2.45) is 11.8 Å². The van der Waals surface area contributed by atoms with E-state index in [4.69, 9.17) is 5.90 Å². The van der Waals surface area contributed by atoms with Gasteiger partial charge in [-0.15, -0.1) is 0 Å². The molecule has 19 heavy (non-hydrogen) atoms. The second kappa shape index (κ2) is 13.9. The van der Waals surface area contributed by atoms with E-state index in [0.29, 0.717) is 0 Å². The fourth-order valence-electron chi connectivity index (χ4n) is 2.46. The molecule has 1 atom stereocenters. The lowest BCUT2D eigenvalue weighted by atomic mass is 9.94. The van der Waals surface area contributed by atoms with Crippen LogP contribution in [-0.4, -0.2) is 5.97 Å². The van der Waals surface area contributed by atoms with Crippen LogP contribution in [0.4, 0.5) is 0 Å². The quantitative estimate of drug-likeness (QED) is 0.389. The molecule has 0 rings (SSSR count). The van der Waals surface area contributed by atoms with E-state index in [1.165, 1.54) is 51.4 Å². The first kappa shape index (κ1) is 18.4. The van der Waals surface area contributed by atoms with Crippen LogP contribution in [0.5, 0.6) is 0 Å². The van der Waals surface area contributed by atoms with E-state index in [-0.39, 0.29) is 11.9 Å². The molecule has 3 nitrogen and oxygen atoms in total. The van der Waals surface area contributed by atoms with Crippen molar-refractivity contribution in [1.29, 1.82) is 0 Å². The molecule has 0 heterocycles. The van der Waals surface area contributed by atoms with Crippen molar-refractivity contribution >= 4 is 5.97 Å². The van der Waals surface area contributed by atoms with E-state index in [0.717, 1.165) is 25.7 Å². The lowest BCUT2D eigenvalue weighted by Gasteiger charge is -2.13. The van der Waals surface area contributed by atoms with Crippen molar-refractivity contribution in [2.75, 3.05) is 0 Å². The molecule has 0 amide bonds. The Morgan fingerprint density at radius 2 is 1.26 bits per heavy atom. The Hall–Kier alpha value is -0.570. The molecule has 0 aromatic rings. The van der Waals surface area contributed by atoms with E-state index in [1.54, 1.807) is 0 Å². The highest BCUT2D eigenvalue weighted by Crippen LogP contribution is 2.19. The van der Waals surface area contributed by atoms with Gasteiger partial charge in [0, 0.05) is 0 Å². The number of hydrogen-bond acceptors (Lipinski definition) is 3. The molecule has 0 aromatic heterocycles. The van der Waals surface area contributed by atoms with Crippen molar-refractivity contribution in [3.8, 4) is 0 Å². The topological polar surface area (TPSA) is 52.3 Å². The van der Waals surface area contributed by atoms with Gasteiger partial charge in [0.2, 0.25) is 0 Å². The number of carbonyl (C=O) groups excluding carboxylic acids is 1. The van der Waals surface area contributed by atoms with Crippen LogP contribution in [0.3, 0.4) is 0 Å². The number of carbonyl (C=O) groups is 1. The second-order valence-electron chi connectivity index (χ2n) is 5.54. The standard InChI is InChI=1S/C16H33NO2/c1-3-5-7-9-10-12-14-15(16(18)19-17)13-11-8-6-4-2/h15H,3-14,17H2,1-2H3. The largest absolute Gasteiger partial charge is 0.373 e. The van der Waals surface area contributed by atoms with Gasteiger partial charge in [-0.2, -0.15) is 5.90 Å². The molecule has 0 aromatic carbocycles. The van der Waals surface area contributed by atoms with Crippen LogP contribution >= 0.6 is 0 Å². The third-order valence-electron chi connectivity index (χ3n) is 3.76. The summed E-state index contributed by atoms with van der Waals surface area (Å²) in [6, 6.07) is 0. The third kappa shape index (κ3) is 11.0. The van der Waals surface area contributed by atoms with E-state index >= 15 is 0 Å². The van der Waals surface area contributed by atoms with Crippen LogP contribution in [-0.2, 0) is 9.63 Å². The second-order valence-corrected chi connectivity index (χ2v) is 5.54. The van der Waals surface area contributed by atoms with Crippen LogP contribution in [0.15, 0.2) is 0 Å². The van der Waals surface area contributed by atoms with Crippen molar-refractivity contribution in [3.63, 3.8) is 0 Å². The Kier molecular flexibility index (Phi) is 13.4. The molecule has 0 fully saturated rings. The van der Waals surface area contributed by atoms with E-state index in [9.17, 15) is 4.79 Å². The van der Waals surface area contributed by atoms with Gasteiger partial charge in [0.1, 0.15) is 0 Å². The first-order valence-electron chi connectivity index (χ1n) is 8.16. The van der Waals surface area contributed by atoms with Crippen LogP contribution < -0.4 is 5.90 Å². The molecule has 0 aliphatic heterocycles. The van der Waals surface area contributed by atoms with Crippen LogP contribution in [0.25, 0.3) is 0 Å². The first-order valence-corrected chi connectivity index (χ1v) is 8.16. The molecule has 1 unspecified atom stereocenters. The Morgan fingerprint density at radius 1 is 0.842 bits per heavy atom. The van der Waals surface area contributed by atoms with E-state index in [2.05, 4.69) is 18.7 Å².